The number of rotatable bonds is 2. The summed E-state index contributed by atoms with van der Waals surface area (Å²) in [5, 5.41) is 15.1. The molecular formula is C19H20N2O. The molecule has 0 saturated heterocycles. The maximum Gasteiger partial charge on any atom is 0.217 e. The average Bonchev–Trinajstić information content (AvgIpc) is 2.79. The van der Waals surface area contributed by atoms with Crippen molar-refractivity contribution < 1.29 is 5.11 Å². The fraction of sp³-hybridized carbons (Fsp3) is 0.211. The van der Waals surface area contributed by atoms with Crippen LogP contribution < -0.4 is 0 Å². The summed E-state index contributed by atoms with van der Waals surface area (Å²) >= 11 is 0. The second-order valence-electron chi connectivity index (χ2n) is 5.79. The normalized spacial score (nSPS) is 10.9. The van der Waals surface area contributed by atoms with Gasteiger partial charge in [0.05, 0.1) is 11.4 Å². The molecule has 2 aromatic carbocycles. The Morgan fingerprint density at radius 2 is 1.59 bits per heavy atom. The minimum absolute atomic E-state index is 0.196. The standard InChI is InChI=1S/C19H20N2O/c1-12-9-10-16(11-14(12)3)21-19(22)15(4)18(20-21)17-8-6-5-7-13(17)2/h5-11,22H,1-4H3. The highest BCUT2D eigenvalue weighted by Crippen LogP contribution is 2.32. The Hall–Kier alpha value is -2.55. The predicted molar refractivity (Wildman–Crippen MR) is 89.6 cm³/mol. The van der Waals surface area contributed by atoms with Crippen LogP contribution in [-0.2, 0) is 0 Å². The van der Waals surface area contributed by atoms with E-state index in [9.17, 15) is 5.11 Å². The molecule has 0 saturated carbocycles. The van der Waals surface area contributed by atoms with E-state index in [0.717, 1.165) is 28.1 Å². The fourth-order valence-electron chi connectivity index (χ4n) is 2.62. The summed E-state index contributed by atoms with van der Waals surface area (Å²) < 4.78 is 1.61. The number of nitrogens with zero attached hydrogens (tertiary/aromatic N) is 2. The van der Waals surface area contributed by atoms with E-state index >= 15 is 0 Å². The molecule has 0 spiro atoms. The molecule has 0 radical (unpaired) electrons. The van der Waals surface area contributed by atoms with Crippen LogP contribution in [0, 0.1) is 27.7 Å². The van der Waals surface area contributed by atoms with E-state index in [1.807, 2.05) is 37.3 Å². The van der Waals surface area contributed by atoms with Gasteiger partial charge in [0.25, 0.3) is 0 Å². The molecule has 0 bridgehead atoms. The van der Waals surface area contributed by atoms with Gasteiger partial charge in [0.2, 0.25) is 5.88 Å². The van der Waals surface area contributed by atoms with Crippen LogP contribution in [0.5, 0.6) is 5.88 Å². The maximum absolute atomic E-state index is 10.5. The Morgan fingerprint density at radius 1 is 0.864 bits per heavy atom. The second kappa shape index (κ2) is 5.34. The summed E-state index contributed by atoms with van der Waals surface area (Å²) in [5.41, 5.74) is 7.12. The van der Waals surface area contributed by atoms with E-state index in [1.165, 1.54) is 11.1 Å². The molecule has 3 nitrogen and oxygen atoms in total. The molecule has 0 aliphatic heterocycles. The van der Waals surface area contributed by atoms with Crippen molar-refractivity contribution in [3.8, 4) is 22.8 Å². The summed E-state index contributed by atoms with van der Waals surface area (Å²) in [5.74, 6) is 0.196. The van der Waals surface area contributed by atoms with Crippen molar-refractivity contribution in [2.45, 2.75) is 27.7 Å². The van der Waals surface area contributed by atoms with Gasteiger partial charge in [0.15, 0.2) is 0 Å². The lowest BCUT2D eigenvalue weighted by Crippen LogP contribution is -1.97. The SMILES string of the molecule is Cc1ccc(-n2nc(-c3ccccc3C)c(C)c2O)cc1C. The Kier molecular flexibility index (Phi) is 3.49. The Labute approximate surface area is 130 Å². The van der Waals surface area contributed by atoms with Crippen LogP contribution in [0.25, 0.3) is 16.9 Å². The molecule has 112 valence electrons. The Morgan fingerprint density at radius 3 is 2.27 bits per heavy atom. The van der Waals surface area contributed by atoms with Crippen LogP contribution in [0.1, 0.15) is 22.3 Å². The highest BCUT2D eigenvalue weighted by Gasteiger charge is 2.17. The molecule has 0 aliphatic rings. The van der Waals surface area contributed by atoms with Gasteiger partial charge in [0.1, 0.15) is 0 Å². The zero-order chi connectivity index (χ0) is 15.9. The van der Waals surface area contributed by atoms with Crippen LogP contribution >= 0.6 is 0 Å². The van der Waals surface area contributed by atoms with Crippen molar-refractivity contribution in [1.29, 1.82) is 0 Å². The summed E-state index contributed by atoms with van der Waals surface area (Å²) in [7, 11) is 0. The zero-order valence-corrected chi connectivity index (χ0v) is 13.4. The maximum atomic E-state index is 10.5. The molecule has 3 heteroatoms. The number of hydrogen-bond acceptors (Lipinski definition) is 2. The van der Waals surface area contributed by atoms with E-state index in [-0.39, 0.29) is 5.88 Å². The zero-order valence-electron chi connectivity index (χ0n) is 13.4. The Bertz CT molecular complexity index is 847. The van der Waals surface area contributed by atoms with Gasteiger partial charge in [-0.1, -0.05) is 30.3 Å². The van der Waals surface area contributed by atoms with E-state index in [1.54, 1.807) is 4.68 Å². The Balaban J connectivity index is 2.18. The van der Waals surface area contributed by atoms with Gasteiger partial charge >= 0.3 is 0 Å². The van der Waals surface area contributed by atoms with Gasteiger partial charge in [0, 0.05) is 11.1 Å². The predicted octanol–water partition coefficient (Wildman–Crippen LogP) is 4.48. The number of hydrogen-bond donors (Lipinski definition) is 1. The first kappa shape index (κ1) is 14.4. The average molecular weight is 292 g/mol. The van der Waals surface area contributed by atoms with Crippen molar-refractivity contribution >= 4 is 0 Å². The molecule has 0 aliphatic carbocycles. The van der Waals surface area contributed by atoms with E-state index < -0.39 is 0 Å². The molecule has 22 heavy (non-hydrogen) atoms. The molecule has 3 rings (SSSR count). The van der Waals surface area contributed by atoms with Crippen LogP contribution in [-0.4, -0.2) is 14.9 Å². The minimum atomic E-state index is 0.196. The lowest BCUT2D eigenvalue weighted by molar-refractivity contribution is 0.430. The second-order valence-corrected chi connectivity index (χ2v) is 5.79. The van der Waals surface area contributed by atoms with Gasteiger partial charge in [-0.3, -0.25) is 0 Å². The van der Waals surface area contributed by atoms with E-state index in [4.69, 9.17) is 0 Å². The molecule has 0 fully saturated rings. The van der Waals surface area contributed by atoms with Crippen molar-refractivity contribution in [2.75, 3.05) is 0 Å². The lowest BCUT2D eigenvalue weighted by Gasteiger charge is -2.06. The quantitative estimate of drug-likeness (QED) is 0.756. The topological polar surface area (TPSA) is 38.0 Å². The van der Waals surface area contributed by atoms with Crippen LogP contribution in [0.15, 0.2) is 42.5 Å². The van der Waals surface area contributed by atoms with Crippen LogP contribution in [0.2, 0.25) is 0 Å². The first-order valence-electron chi connectivity index (χ1n) is 7.41. The minimum Gasteiger partial charge on any atom is -0.493 e. The van der Waals surface area contributed by atoms with Crippen LogP contribution in [0.4, 0.5) is 0 Å². The monoisotopic (exact) mass is 292 g/mol. The van der Waals surface area contributed by atoms with Gasteiger partial charge in [-0.25, -0.2) is 4.68 Å². The van der Waals surface area contributed by atoms with Gasteiger partial charge in [-0.15, -0.1) is 0 Å². The largest absolute Gasteiger partial charge is 0.493 e. The molecule has 3 aromatic rings. The fourth-order valence-corrected chi connectivity index (χ4v) is 2.62. The molecule has 0 amide bonds. The van der Waals surface area contributed by atoms with Crippen molar-refractivity contribution in [3.05, 3.63) is 64.7 Å². The van der Waals surface area contributed by atoms with Crippen molar-refractivity contribution in [1.82, 2.24) is 9.78 Å². The van der Waals surface area contributed by atoms with E-state index in [2.05, 4.69) is 38.0 Å². The summed E-state index contributed by atoms with van der Waals surface area (Å²) in [4.78, 5) is 0. The number of aryl methyl sites for hydroxylation is 3. The van der Waals surface area contributed by atoms with Gasteiger partial charge < -0.3 is 5.11 Å². The van der Waals surface area contributed by atoms with Crippen LogP contribution in [0.3, 0.4) is 0 Å². The molecule has 0 atom stereocenters. The third kappa shape index (κ3) is 2.29. The molecule has 1 heterocycles. The summed E-state index contributed by atoms with van der Waals surface area (Å²) in [6.45, 7) is 8.10. The molecule has 1 aromatic heterocycles. The highest BCUT2D eigenvalue weighted by molar-refractivity contribution is 5.69. The lowest BCUT2D eigenvalue weighted by atomic mass is 10.0. The van der Waals surface area contributed by atoms with Gasteiger partial charge in [-0.2, -0.15) is 5.10 Å². The first-order valence-corrected chi connectivity index (χ1v) is 7.41. The van der Waals surface area contributed by atoms with E-state index in [0.29, 0.717) is 0 Å². The van der Waals surface area contributed by atoms with Crippen molar-refractivity contribution in [3.63, 3.8) is 0 Å². The molecular weight excluding hydrogens is 272 g/mol. The first-order chi connectivity index (χ1) is 10.5. The van der Waals surface area contributed by atoms with Crippen molar-refractivity contribution in [2.24, 2.45) is 0 Å². The summed E-state index contributed by atoms with van der Waals surface area (Å²) in [6, 6.07) is 14.2. The summed E-state index contributed by atoms with van der Waals surface area (Å²) in [6.07, 6.45) is 0. The molecule has 0 unspecified atom stereocenters. The third-order valence-electron chi connectivity index (χ3n) is 4.23. The van der Waals surface area contributed by atoms with Gasteiger partial charge in [-0.05, 0) is 56.5 Å². The highest BCUT2D eigenvalue weighted by atomic mass is 16.3. The number of benzene rings is 2. The molecule has 1 N–H and O–H groups in total. The third-order valence-corrected chi connectivity index (χ3v) is 4.23. The number of aromatic hydroxyl groups is 1. The number of aromatic nitrogens is 2. The smallest absolute Gasteiger partial charge is 0.217 e.